The maximum Gasteiger partial charge on any atom is 0.332 e. The molecule has 80 valence electrons. The molecule has 0 aliphatic rings. The molecule has 0 aliphatic heterocycles. The zero-order valence-electron chi connectivity index (χ0n) is 9.24. The van der Waals surface area contributed by atoms with E-state index in [-0.39, 0.29) is 5.66 Å². The second kappa shape index (κ2) is 5.79. The van der Waals surface area contributed by atoms with E-state index >= 15 is 0 Å². The third-order valence-electron chi connectivity index (χ3n) is 2.49. The Balaban J connectivity index is 4.22. The first kappa shape index (κ1) is 13.2. The minimum absolute atomic E-state index is 0.0163. The Hall–Kier alpha value is 0.150. The third kappa shape index (κ3) is 3.80. The monoisotopic (exact) mass is 208 g/mol. The lowest BCUT2D eigenvalue weighted by Gasteiger charge is -2.22. The van der Waals surface area contributed by atoms with E-state index in [1.54, 1.807) is 0 Å². The van der Waals surface area contributed by atoms with Crippen molar-refractivity contribution in [1.82, 2.24) is 0 Å². The van der Waals surface area contributed by atoms with Gasteiger partial charge in [-0.25, -0.2) is 0 Å². The molecule has 0 aromatic heterocycles. The predicted octanol–water partition coefficient (Wildman–Crippen LogP) is 3.30. The van der Waals surface area contributed by atoms with Gasteiger partial charge in [-0.05, 0) is 12.3 Å². The Kier molecular flexibility index (Phi) is 5.86. The molecule has 2 atom stereocenters. The molecule has 13 heavy (non-hydrogen) atoms. The Morgan fingerprint density at radius 2 is 1.69 bits per heavy atom. The largest absolute Gasteiger partial charge is 0.332 e. The van der Waals surface area contributed by atoms with Gasteiger partial charge in [-0.2, -0.15) is 0 Å². The molecule has 0 aromatic carbocycles. The molecule has 0 spiro atoms. The van der Waals surface area contributed by atoms with E-state index in [9.17, 15) is 4.57 Å². The van der Waals surface area contributed by atoms with Crippen molar-refractivity contribution in [3.63, 3.8) is 0 Å². The number of hydrogen-bond donors (Lipinski definition) is 0. The lowest BCUT2D eigenvalue weighted by Crippen LogP contribution is -2.11. The first-order valence-corrected chi connectivity index (χ1v) is 6.32. The fourth-order valence-electron chi connectivity index (χ4n) is 1.31. The highest BCUT2D eigenvalue weighted by Gasteiger charge is 2.30. The van der Waals surface area contributed by atoms with Crippen molar-refractivity contribution in [2.45, 2.75) is 39.3 Å². The van der Waals surface area contributed by atoms with E-state index in [2.05, 4.69) is 13.8 Å². The van der Waals surface area contributed by atoms with Crippen LogP contribution in [0.3, 0.4) is 0 Å². The average Bonchev–Trinajstić information content (AvgIpc) is 2.16. The normalized spacial score (nSPS) is 17.0. The molecule has 0 bridgehead atoms. The summed E-state index contributed by atoms with van der Waals surface area (Å²) in [5, 5.41) is 0. The SMILES string of the molecule is CCC(C)CC(C)P(=O)(OC)OC. The Morgan fingerprint density at radius 3 is 2.00 bits per heavy atom. The molecule has 0 fully saturated rings. The lowest BCUT2D eigenvalue weighted by molar-refractivity contribution is 0.261. The van der Waals surface area contributed by atoms with Gasteiger partial charge in [0.05, 0.1) is 5.66 Å². The molecule has 0 saturated heterocycles. The molecule has 3 nitrogen and oxygen atoms in total. The molecule has 0 amide bonds. The van der Waals surface area contributed by atoms with Gasteiger partial charge in [-0.3, -0.25) is 4.57 Å². The van der Waals surface area contributed by atoms with E-state index in [0.717, 1.165) is 12.8 Å². The first-order valence-electron chi connectivity index (χ1n) is 4.71. The quantitative estimate of drug-likeness (QED) is 0.628. The number of rotatable bonds is 6. The summed E-state index contributed by atoms with van der Waals surface area (Å²) in [6, 6.07) is 0. The number of hydrogen-bond acceptors (Lipinski definition) is 3. The van der Waals surface area contributed by atoms with Gasteiger partial charge in [0.25, 0.3) is 0 Å². The summed E-state index contributed by atoms with van der Waals surface area (Å²) in [6.07, 6.45) is 1.98. The zero-order valence-corrected chi connectivity index (χ0v) is 10.1. The van der Waals surface area contributed by atoms with E-state index in [0.29, 0.717) is 5.92 Å². The van der Waals surface area contributed by atoms with Gasteiger partial charge in [0.15, 0.2) is 0 Å². The molecule has 0 heterocycles. The van der Waals surface area contributed by atoms with Gasteiger partial charge >= 0.3 is 7.60 Å². The van der Waals surface area contributed by atoms with Crippen LogP contribution in [0.15, 0.2) is 0 Å². The predicted molar refractivity (Wildman–Crippen MR) is 55.2 cm³/mol. The van der Waals surface area contributed by atoms with Crippen LogP contribution in [0.5, 0.6) is 0 Å². The summed E-state index contributed by atoms with van der Waals surface area (Å²) in [5.74, 6) is 0.564. The fraction of sp³-hybridized carbons (Fsp3) is 1.00. The van der Waals surface area contributed by atoms with Crippen LogP contribution in [0, 0.1) is 5.92 Å². The standard InChI is InChI=1S/C9H21O3P/c1-6-8(2)7-9(3)13(10,11-4)12-5/h8-9H,6-7H2,1-5H3. The summed E-state index contributed by atoms with van der Waals surface area (Å²) < 4.78 is 21.7. The molecule has 0 rings (SSSR count). The summed E-state index contributed by atoms with van der Waals surface area (Å²) >= 11 is 0. The Bertz CT molecular complexity index is 174. The average molecular weight is 208 g/mol. The first-order chi connectivity index (χ1) is 6.00. The van der Waals surface area contributed by atoms with Gasteiger partial charge in [-0.1, -0.05) is 27.2 Å². The molecule has 4 heteroatoms. The molecule has 0 aromatic rings. The van der Waals surface area contributed by atoms with Crippen LogP contribution in [-0.4, -0.2) is 19.9 Å². The van der Waals surface area contributed by atoms with Crippen molar-refractivity contribution < 1.29 is 13.6 Å². The van der Waals surface area contributed by atoms with Gasteiger partial charge < -0.3 is 9.05 Å². The molecule has 2 unspecified atom stereocenters. The van der Waals surface area contributed by atoms with E-state index in [1.165, 1.54) is 14.2 Å². The van der Waals surface area contributed by atoms with Crippen LogP contribution in [0.4, 0.5) is 0 Å². The molecule has 0 radical (unpaired) electrons. The maximum atomic E-state index is 11.9. The minimum atomic E-state index is -2.84. The van der Waals surface area contributed by atoms with Crippen molar-refractivity contribution in [2.75, 3.05) is 14.2 Å². The summed E-state index contributed by atoms with van der Waals surface area (Å²) in [5.41, 5.74) is -0.0163. The van der Waals surface area contributed by atoms with Crippen molar-refractivity contribution >= 4 is 7.60 Å². The summed E-state index contributed by atoms with van der Waals surface area (Å²) in [4.78, 5) is 0. The van der Waals surface area contributed by atoms with Gasteiger partial charge in [-0.15, -0.1) is 0 Å². The molecular formula is C9H21O3P. The highest BCUT2D eigenvalue weighted by atomic mass is 31.2. The van der Waals surface area contributed by atoms with Crippen LogP contribution in [0.25, 0.3) is 0 Å². The molecule has 0 aliphatic carbocycles. The minimum Gasteiger partial charge on any atom is -0.312 e. The smallest absolute Gasteiger partial charge is 0.312 e. The highest BCUT2D eigenvalue weighted by molar-refractivity contribution is 7.54. The van der Waals surface area contributed by atoms with Crippen LogP contribution in [0.2, 0.25) is 0 Å². The van der Waals surface area contributed by atoms with Crippen LogP contribution in [-0.2, 0) is 13.6 Å². The Labute approximate surface area is 81.3 Å². The fourth-order valence-corrected chi connectivity index (χ4v) is 2.80. The van der Waals surface area contributed by atoms with Crippen molar-refractivity contribution in [2.24, 2.45) is 5.92 Å². The van der Waals surface area contributed by atoms with E-state index in [4.69, 9.17) is 9.05 Å². The van der Waals surface area contributed by atoms with Gasteiger partial charge in [0, 0.05) is 14.2 Å². The van der Waals surface area contributed by atoms with Crippen molar-refractivity contribution in [3.8, 4) is 0 Å². The van der Waals surface area contributed by atoms with Crippen LogP contribution < -0.4 is 0 Å². The van der Waals surface area contributed by atoms with E-state index in [1.807, 2.05) is 6.92 Å². The summed E-state index contributed by atoms with van der Waals surface area (Å²) in [7, 11) is 0.0445. The summed E-state index contributed by atoms with van der Waals surface area (Å²) in [6.45, 7) is 6.19. The van der Waals surface area contributed by atoms with Crippen molar-refractivity contribution in [3.05, 3.63) is 0 Å². The zero-order chi connectivity index (χ0) is 10.5. The topological polar surface area (TPSA) is 35.5 Å². The second-order valence-electron chi connectivity index (χ2n) is 3.50. The van der Waals surface area contributed by atoms with Crippen LogP contribution in [0.1, 0.15) is 33.6 Å². The van der Waals surface area contributed by atoms with E-state index < -0.39 is 7.60 Å². The lowest BCUT2D eigenvalue weighted by atomic mass is 10.0. The highest BCUT2D eigenvalue weighted by Crippen LogP contribution is 2.53. The molecule has 0 N–H and O–H groups in total. The molecule has 0 saturated carbocycles. The van der Waals surface area contributed by atoms with Gasteiger partial charge in [0.1, 0.15) is 0 Å². The molecular weight excluding hydrogens is 187 g/mol. The maximum absolute atomic E-state index is 11.9. The van der Waals surface area contributed by atoms with Crippen molar-refractivity contribution in [1.29, 1.82) is 0 Å². The van der Waals surface area contributed by atoms with Crippen LogP contribution >= 0.6 is 7.60 Å². The van der Waals surface area contributed by atoms with Gasteiger partial charge in [0.2, 0.25) is 0 Å². The second-order valence-corrected chi connectivity index (χ2v) is 6.19. The Morgan fingerprint density at radius 1 is 1.23 bits per heavy atom. The third-order valence-corrected chi connectivity index (χ3v) is 4.80.